The van der Waals surface area contributed by atoms with Gasteiger partial charge in [0, 0.05) is 12.7 Å². The van der Waals surface area contributed by atoms with Gasteiger partial charge in [-0.1, -0.05) is 64.9 Å². The minimum absolute atomic E-state index is 0.322. The van der Waals surface area contributed by atoms with E-state index in [-0.39, 0.29) is 5.97 Å². The Balaban J connectivity index is 2.99. The Labute approximate surface area is 118 Å². The topological polar surface area (TPSA) is 35.5 Å². The van der Waals surface area contributed by atoms with Gasteiger partial charge >= 0.3 is 5.97 Å². The zero-order valence-corrected chi connectivity index (χ0v) is 12.5. The Kier molecular flexibility index (Phi) is 14.6. The summed E-state index contributed by atoms with van der Waals surface area (Å²) in [6, 6.07) is 0. The smallest absolute Gasteiger partial charge is 0.330 e. The lowest BCUT2D eigenvalue weighted by atomic mass is 10.1. The van der Waals surface area contributed by atoms with E-state index in [2.05, 4.69) is 13.5 Å². The number of ether oxygens (including phenoxy) is 2. The van der Waals surface area contributed by atoms with Gasteiger partial charge in [-0.2, -0.15) is 0 Å². The fourth-order valence-electron chi connectivity index (χ4n) is 1.88. The third-order valence-electron chi connectivity index (χ3n) is 3.03. The second-order valence-electron chi connectivity index (χ2n) is 4.81. The standard InChI is InChI=1S/C16H30O3/c1-3-5-6-7-8-9-10-11-12-13-18-14-15-19-16(17)4-2/h4H,2-3,5-15H2,1H3. The molecule has 0 heterocycles. The van der Waals surface area contributed by atoms with Gasteiger partial charge in [0.1, 0.15) is 6.61 Å². The highest BCUT2D eigenvalue weighted by Crippen LogP contribution is 2.09. The highest BCUT2D eigenvalue weighted by Gasteiger charge is 1.95. The zero-order valence-electron chi connectivity index (χ0n) is 12.5. The summed E-state index contributed by atoms with van der Waals surface area (Å²) in [7, 11) is 0. The minimum atomic E-state index is -0.383. The molecule has 0 saturated carbocycles. The lowest BCUT2D eigenvalue weighted by molar-refractivity contribution is -0.139. The van der Waals surface area contributed by atoms with Crippen LogP contribution in [0.15, 0.2) is 12.7 Å². The molecule has 0 atom stereocenters. The van der Waals surface area contributed by atoms with Crippen LogP contribution in [0, 0.1) is 0 Å². The predicted octanol–water partition coefficient (Wildman–Crippen LogP) is 4.26. The summed E-state index contributed by atoms with van der Waals surface area (Å²) in [5.41, 5.74) is 0. The molecule has 0 spiro atoms. The molecule has 0 aliphatic rings. The second kappa shape index (κ2) is 15.2. The average Bonchev–Trinajstić information content (AvgIpc) is 2.43. The Morgan fingerprint density at radius 1 is 0.895 bits per heavy atom. The molecular weight excluding hydrogens is 240 g/mol. The molecule has 0 fully saturated rings. The summed E-state index contributed by atoms with van der Waals surface area (Å²) in [4.78, 5) is 10.7. The van der Waals surface area contributed by atoms with Crippen molar-refractivity contribution in [2.45, 2.75) is 64.7 Å². The normalized spacial score (nSPS) is 10.4. The average molecular weight is 270 g/mol. The summed E-state index contributed by atoms with van der Waals surface area (Å²) in [5, 5.41) is 0. The predicted molar refractivity (Wildman–Crippen MR) is 79.2 cm³/mol. The van der Waals surface area contributed by atoms with Crippen molar-refractivity contribution in [3.8, 4) is 0 Å². The summed E-state index contributed by atoms with van der Waals surface area (Å²) in [6.07, 6.45) is 13.0. The number of carbonyl (C=O) groups excluding carboxylic acids is 1. The van der Waals surface area contributed by atoms with Crippen molar-refractivity contribution in [1.82, 2.24) is 0 Å². The number of rotatable bonds is 14. The lowest BCUT2D eigenvalue weighted by Gasteiger charge is -2.05. The molecule has 0 aromatic rings. The Morgan fingerprint density at radius 2 is 1.47 bits per heavy atom. The highest BCUT2D eigenvalue weighted by atomic mass is 16.6. The quantitative estimate of drug-likeness (QED) is 0.269. The molecule has 112 valence electrons. The number of hydrogen-bond donors (Lipinski definition) is 0. The maximum atomic E-state index is 10.7. The van der Waals surface area contributed by atoms with Crippen molar-refractivity contribution >= 4 is 5.97 Å². The van der Waals surface area contributed by atoms with E-state index < -0.39 is 0 Å². The third-order valence-corrected chi connectivity index (χ3v) is 3.03. The van der Waals surface area contributed by atoms with E-state index in [1.807, 2.05) is 0 Å². The maximum absolute atomic E-state index is 10.7. The van der Waals surface area contributed by atoms with Crippen LogP contribution in [0.3, 0.4) is 0 Å². The fraction of sp³-hybridized carbons (Fsp3) is 0.812. The fourth-order valence-corrected chi connectivity index (χ4v) is 1.88. The van der Waals surface area contributed by atoms with Gasteiger partial charge in [-0.25, -0.2) is 4.79 Å². The first-order valence-corrected chi connectivity index (χ1v) is 7.68. The molecule has 0 amide bonds. The molecule has 0 radical (unpaired) electrons. The van der Waals surface area contributed by atoms with Gasteiger partial charge in [-0.15, -0.1) is 0 Å². The van der Waals surface area contributed by atoms with Crippen LogP contribution in [0.1, 0.15) is 64.7 Å². The summed E-state index contributed by atoms with van der Waals surface area (Å²) in [6.45, 7) is 7.14. The molecule has 0 aromatic carbocycles. The number of hydrogen-bond acceptors (Lipinski definition) is 3. The third kappa shape index (κ3) is 15.1. The SMILES string of the molecule is C=CC(=O)OCCOCCCCCCCCCCC. The van der Waals surface area contributed by atoms with E-state index in [9.17, 15) is 4.79 Å². The molecule has 0 unspecified atom stereocenters. The van der Waals surface area contributed by atoms with Gasteiger partial charge in [0.05, 0.1) is 6.61 Å². The molecule has 19 heavy (non-hydrogen) atoms. The van der Waals surface area contributed by atoms with Crippen molar-refractivity contribution in [1.29, 1.82) is 0 Å². The molecular formula is C16H30O3. The van der Waals surface area contributed by atoms with Gasteiger partial charge in [-0.05, 0) is 6.42 Å². The van der Waals surface area contributed by atoms with Crippen molar-refractivity contribution in [2.75, 3.05) is 19.8 Å². The Bertz CT molecular complexity index is 214. The molecule has 0 aliphatic carbocycles. The molecule has 0 saturated heterocycles. The largest absolute Gasteiger partial charge is 0.460 e. The molecule has 0 rings (SSSR count). The molecule has 3 nitrogen and oxygen atoms in total. The van der Waals surface area contributed by atoms with Crippen LogP contribution in [0.4, 0.5) is 0 Å². The van der Waals surface area contributed by atoms with Gasteiger partial charge in [-0.3, -0.25) is 0 Å². The van der Waals surface area contributed by atoms with Gasteiger partial charge in [0.15, 0.2) is 0 Å². The van der Waals surface area contributed by atoms with Crippen molar-refractivity contribution < 1.29 is 14.3 Å². The van der Waals surface area contributed by atoms with Gasteiger partial charge < -0.3 is 9.47 Å². The molecule has 3 heteroatoms. The first-order valence-electron chi connectivity index (χ1n) is 7.68. The van der Waals surface area contributed by atoms with E-state index in [1.165, 1.54) is 57.4 Å². The van der Waals surface area contributed by atoms with Crippen LogP contribution >= 0.6 is 0 Å². The number of carbonyl (C=O) groups is 1. The molecule has 0 aliphatic heterocycles. The Hall–Kier alpha value is -0.830. The van der Waals surface area contributed by atoms with Gasteiger partial charge in [0.2, 0.25) is 0 Å². The minimum Gasteiger partial charge on any atom is -0.460 e. The first-order chi connectivity index (χ1) is 9.31. The van der Waals surface area contributed by atoms with Crippen molar-refractivity contribution in [3.63, 3.8) is 0 Å². The summed E-state index contributed by atoms with van der Waals surface area (Å²) >= 11 is 0. The molecule has 0 bridgehead atoms. The van der Waals surface area contributed by atoms with Crippen LogP contribution in [0.5, 0.6) is 0 Å². The monoisotopic (exact) mass is 270 g/mol. The first kappa shape index (κ1) is 18.2. The van der Waals surface area contributed by atoms with E-state index in [1.54, 1.807) is 0 Å². The maximum Gasteiger partial charge on any atom is 0.330 e. The van der Waals surface area contributed by atoms with Crippen molar-refractivity contribution in [3.05, 3.63) is 12.7 Å². The van der Waals surface area contributed by atoms with E-state index >= 15 is 0 Å². The second-order valence-corrected chi connectivity index (χ2v) is 4.81. The van der Waals surface area contributed by atoms with Crippen molar-refractivity contribution in [2.24, 2.45) is 0 Å². The molecule has 0 aromatic heterocycles. The van der Waals surface area contributed by atoms with Crippen LogP contribution < -0.4 is 0 Å². The highest BCUT2D eigenvalue weighted by molar-refractivity contribution is 5.81. The Morgan fingerprint density at radius 3 is 2.05 bits per heavy atom. The van der Waals surface area contributed by atoms with Crippen LogP contribution in [0.2, 0.25) is 0 Å². The van der Waals surface area contributed by atoms with E-state index in [4.69, 9.17) is 9.47 Å². The van der Waals surface area contributed by atoms with Crippen LogP contribution in [-0.4, -0.2) is 25.8 Å². The molecule has 0 N–H and O–H groups in total. The number of unbranched alkanes of at least 4 members (excludes halogenated alkanes) is 8. The van der Waals surface area contributed by atoms with Crippen LogP contribution in [-0.2, 0) is 14.3 Å². The number of esters is 1. The van der Waals surface area contributed by atoms with E-state index in [0.717, 1.165) is 13.0 Å². The van der Waals surface area contributed by atoms with E-state index in [0.29, 0.717) is 13.2 Å². The van der Waals surface area contributed by atoms with Gasteiger partial charge in [0.25, 0.3) is 0 Å². The summed E-state index contributed by atoms with van der Waals surface area (Å²) in [5.74, 6) is -0.383. The van der Waals surface area contributed by atoms with Crippen LogP contribution in [0.25, 0.3) is 0 Å². The summed E-state index contributed by atoms with van der Waals surface area (Å²) < 4.78 is 10.2. The zero-order chi connectivity index (χ0) is 14.2. The lowest BCUT2D eigenvalue weighted by Crippen LogP contribution is -2.08.